The molecule has 2 unspecified atom stereocenters. The maximum absolute atomic E-state index is 14.0. The first-order chi connectivity index (χ1) is 32.2. The molecule has 1 fully saturated rings. The smallest absolute Gasteiger partial charge is 0.297 e. The minimum absolute atomic E-state index is 0.262. The zero-order valence-corrected chi connectivity index (χ0v) is 36.3. The lowest BCUT2D eigenvalue weighted by Crippen LogP contribution is -2.25. The van der Waals surface area contributed by atoms with Gasteiger partial charge in [-0.3, -0.25) is 24.3 Å². The van der Waals surface area contributed by atoms with Crippen molar-refractivity contribution in [1.82, 2.24) is 45.5 Å². The van der Waals surface area contributed by atoms with Gasteiger partial charge in [0.1, 0.15) is 23.1 Å². The number of ether oxygens (including phenoxy) is 3. The highest BCUT2D eigenvalue weighted by Crippen LogP contribution is 2.33. The number of para-hydroxylation sites is 1. The highest BCUT2D eigenvalue weighted by atomic mass is 32.2. The Morgan fingerprint density at radius 1 is 0.818 bits per heavy atom. The fraction of sp³-hybridized carbons (Fsp3) is 0.143. The predicted octanol–water partition coefficient (Wildman–Crippen LogP) is 9.29. The van der Waals surface area contributed by atoms with Gasteiger partial charge in [-0.15, -0.1) is 5.10 Å². The number of carbonyl (C=O) groups excluding carboxylic acids is 3. The van der Waals surface area contributed by atoms with Crippen molar-refractivity contribution in [3.05, 3.63) is 156 Å². The van der Waals surface area contributed by atoms with E-state index in [0.29, 0.717) is 76.8 Å². The maximum atomic E-state index is 14.0. The number of benzene rings is 6. The quantitative estimate of drug-likeness (QED) is 0.0760. The zero-order valence-electron chi connectivity index (χ0n) is 35.5. The molecule has 10 rings (SSSR count). The number of nitrogens with zero attached hydrogens (tertiary/aromatic N) is 6. The van der Waals surface area contributed by atoms with Gasteiger partial charge < -0.3 is 24.5 Å². The van der Waals surface area contributed by atoms with E-state index in [9.17, 15) is 14.4 Å². The standard InChI is InChI=1S/C49H40N10O6S/c1-3-63-48-53-40-10-6-9-38(43(40)59(48)27-30-11-15-31(16-12-30)36-7-4-5-8-37(36)45-55-57-58-56-45)46(60)50-32-17-21-34(22-18-32)65-35-23-24-39-41(26-35)52-44(51-39)28(2)64-33-19-13-29(14-20-33)25-42-47(61)54-49(62)66-42/h4-24,26,28,42H,3,25,27H2,1-2H3,(H,50,60)(H,51,52)(H,54,61,62)(H,55,56,57,58). The van der Waals surface area contributed by atoms with Gasteiger partial charge in [-0.05, 0) is 114 Å². The van der Waals surface area contributed by atoms with Gasteiger partial charge in [0.25, 0.3) is 17.2 Å². The van der Waals surface area contributed by atoms with Crippen LogP contribution in [0.2, 0.25) is 0 Å². The van der Waals surface area contributed by atoms with E-state index < -0.39 is 5.25 Å². The molecule has 328 valence electrons. The Balaban J connectivity index is 0.797. The number of nitrogens with one attached hydrogen (secondary N) is 4. The van der Waals surface area contributed by atoms with Crippen LogP contribution in [0.3, 0.4) is 0 Å². The molecule has 0 aliphatic carbocycles. The van der Waals surface area contributed by atoms with Crippen LogP contribution in [0.15, 0.2) is 133 Å². The van der Waals surface area contributed by atoms with Crippen molar-refractivity contribution in [1.29, 1.82) is 0 Å². The third kappa shape index (κ3) is 8.79. The number of H-pyrrole nitrogens is 2. The average Bonchev–Trinajstić information content (AvgIpc) is 4.15. The first-order valence-electron chi connectivity index (χ1n) is 21.1. The number of anilines is 1. The molecule has 16 nitrogen and oxygen atoms in total. The van der Waals surface area contributed by atoms with E-state index in [1.54, 1.807) is 30.3 Å². The van der Waals surface area contributed by atoms with Crippen LogP contribution in [-0.2, 0) is 17.8 Å². The normalized spacial score (nSPS) is 14.1. The lowest BCUT2D eigenvalue weighted by molar-refractivity contribution is -0.118. The summed E-state index contributed by atoms with van der Waals surface area (Å²) in [7, 11) is 0. The number of imidazole rings is 2. The van der Waals surface area contributed by atoms with Gasteiger partial charge in [-0.1, -0.05) is 78.5 Å². The number of tetrazole rings is 1. The summed E-state index contributed by atoms with van der Waals surface area (Å²) in [5.41, 5.74) is 8.68. The van der Waals surface area contributed by atoms with Crippen LogP contribution in [-0.4, -0.2) is 69.1 Å². The number of aromatic amines is 2. The van der Waals surface area contributed by atoms with Crippen LogP contribution >= 0.6 is 11.8 Å². The number of aromatic nitrogens is 8. The van der Waals surface area contributed by atoms with Gasteiger partial charge in [-0.25, -0.2) is 10.1 Å². The minimum atomic E-state index is -0.426. The average molecular weight is 897 g/mol. The summed E-state index contributed by atoms with van der Waals surface area (Å²) in [5.74, 6) is 2.50. The van der Waals surface area contributed by atoms with E-state index in [2.05, 4.69) is 60.5 Å². The van der Waals surface area contributed by atoms with E-state index >= 15 is 0 Å². The Morgan fingerprint density at radius 2 is 1.58 bits per heavy atom. The van der Waals surface area contributed by atoms with Crippen molar-refractivity contribution < 1.29 is 28.6 Å². The van der Waals surface area contributed by atoms with Crippen molar-refractivity contribution in [2.24, 2.45) is 0 Å². The fourth-order valence-corrected chi connectivity index (χ4v) is 8.69. The van der Waals surface area contributed by atoms with E-state index in [1.807, 2.05) is 97.3 Å². The third-order valence-corrected chi connectivity index (χ3v) is 12.0. The number of carbonyl (C=O) groups is 3. The van der Waals surface area contributed by atoms with Gasteiger partial charge >= 0.3 is 0 Å². The molecule has 17 heteroatoms. The molecule has 2 atom stereocenters. The summed E-state index contributed by atoms with van der Waals surface area (Å²) in [6.07, 6.45) is 0.0662. The molecule has 4 N–H and O–H groups in total. The Hall–Kier alpha value is -8.31. The Morgan fingerprint density at radius 3 is 2.32 bits per heavy atom. The molecule has 1 aliphatic heterocycles. The highest BCUT2D eigenvalue weighted by Gasteiger charge is 2.31. The Labute approximate surface area is 381 Å². The SMILES string of the molecule is CCOc1nc2cccc(C(=O)Nc3ccc(Oc4ccc5nc(C(C)Oc6ccc(CC7SC(=O)NC7=O)cc6)[nH]c5c4)cc3)c2n1Cc1ccc(-c2ccccc2-c2nnn[nH]2)cc1. The highest BCUT2D eigenvalue weighted by molar-refractivity contribution is 8.15. The van der Waals surface area contributed by atoms with Crippen molar-refractivity contribution >= 4 is 56.6 Å². The largest absolute Gasteiger partial charge is 0.483 e. The molecule has 3 aromatic heterocycles. The molecule has 0 radical (unpaired) electrons. The predicted molar refractivity (Wildman–Crippen MR) is 250 cm³/mol. The molecule has 4 heterocycles. The topological polar surface area (TPSA) is 204 Å². The number of fused-ring (bicyclic) bond motifs is 2. The van der Waals surface area contributed by atoms with Gasteiger partial charge in [-0.2, -0.15) is 4.98 Å². The summed E-state index contributed by atoms with van der Waals surface area (Å²) in [4.78, 5) is 50.3. The summed E-state index contributed by atoms with van der Waals surface area (Å²) >= 11 is 1.01. The first-order valence-corrected chi connectivity index (χ1v) is 22.0. The number of hydrogen-bond donors (Lipinski definition) is 4. The molecule has 66 heavy (non-hydrogen) atoms. The monoisotopic (exact) mass is 896 g/mol. The summed E-state index contributed by atoms with van der Waals surface area (Å²) in [5, 5.41) is 19.1. The lowest BCUT2D eigenvalue weighted by atomic mass is 9.98. The molecule has 0 bridgehead atoms. The van der Waals surface area contributed by atoms with Gasteiger partial charge in [0.05, 0.1) is 46.0 Å². The van der Waals surface area contributed by atoms with Crippen LogP contribution < -0.4 is 24.8 Å². The minimum Gasteiger partial charge on any atom is -0.483 e. The third-order valence-electron chi connectivity index (χ3n) is 11.0. The zero-order chi connectivity index (χ0) is 45.1. The van der Waals surface area contributed by atoms with Crippen LogP contribution in [0.4, 0.5) is 10.5 Å². The van der Waals surface area contributed by atoms with E-state index in [1.165, 1.54) is 0 Å². The van der Waals surface area contributed by atoms with Crippen LogP contribution in [0.25, 0.3) is 44.6 Å². The molecule has 1 aliphatic rings. The molecular formula is C49H40N10O6S. The van der Waals surface area contributed by atoms with E-state index in [-0.39, 0.29) is 23.2 Å². The lowest BCUT2D eigenvalue weighted by Gasteiger charge is -2.13. The van der Waals surface area contributed by atoms with Crippen LogP contribution in [0.5, 0.6) is 23.3 Å². The molecule has 0 saturated carbocycles. The molecule has 9 aromatic rings. The van der Waals surface area contributed by atoms with Crippen LogP contribution in [0, 0.1) is 0 Å². The summed E-state index contributed by atoms with van der Waals surface area (Å²) < 4.78 is 20.3. The van der Waals surface area contributed by atoms with Crippen LogP contribution in [0.1, 0.15) is 47.3 Å². The number of rotatable bonds is 15. The second-order valence-electron chi connectivity index (χ2n) is 15.5. The second-order valence-corrected chi connectivity index (χ2v) is 16.6. The second kappa shape index (κ2) is 18.1. The van der Waals surface area contributed by atoms with E-state index in [0.717, 1.165) is 50.6 Å². The summed E-state index contributed by atoms with van der Waals surface area (Å²) in [6, 6.07) is 42.3. The molecule has 6 aromatic carbocycles. The van der Waals surface area contributed by atoms with E-state index in [4.69, 9.17) is 24.2 Å². The maximum Gasteiger partial charge on any atom is 0.297 e. The number of imide groups is 1. The first kappa shape index (κ1) is 41.7. The van der Waals surface area contributed by atoms with Gasteiger partial charge in [0.2, 0.25) is 5.91 Å². The summed E-state index contributed by atoms with van der Waals surface area (Å²) in [6.45, 7) is 4.63. The molecule has 0 spiro atoms. The molecular weight excluding hydrogens is 857 g/mol. The number of amides is 3. The van der Waals surface area contributed by atoms with Crippen molar-refractivity contribution in [3.63, 3.8) is 0 Å². The molecule has 3 amide bonds. The fourth-order valence-electron chi connectivity index (χ4n) is 7.83. The number of hydrogen-bond acceptors (Lipinski definition) is 12. The van der Waals surface area contributed by atoms with Crippen molar-refractivity contribution in [2.45, 2.75) is 38.2 Å². The van der Waals surface area contributed by atoms with Gasteiger partial charge in [0.15, 0.2) is 11.9 Å². The molecule has 1 saturated heterocycles. The number of thioether (sulfide) groups is 1. The Bertz CT molecular complexity index is 3230. The Kier molecular flexibility index (Phi) is 11.4. The van der Waals surface area contributed by atoms with Crippen molar-refractivity contribution in [2.75, 3.05) is 11.9 Å². The van der Waals surface area contributed by atoms with Crippen molar-refractivity contribution in [3.8, 4) is 45.8 Å². The van der Waals surface area contributed by atoms with Gasteiger partial charge in [0, 0.05) is 17.3 Å².